The molecule has 0 spiro atoms. The van der Waals surface area contributed by atoms with Crippen molar-refractivity contribution in [2.45, 2.75) is 25.3 Å². The lowest BCUT2D eigenvalue weighted by atomic mass is 9.97. The molecule has 0 saturated carbocycles. The predicted molar refractivity (Wildman–Crippen MR) is 123 cm³/mol. The van der Waals surface area contributed by atoms with E-state index in [2.05, 4.69) is 55.0 Å². The Labute approximate surface area is 183 Å². The average Bonchev–Trinajstić information content (AvgIpc) is 3.51. The quantitative estimate of drug-likeness (QED) is 0.460. The highest BCUT2D eigenvalue weighted by Gasteiger charge is 2.24. The second-order valence-electron chi connectivity index (χ2n) is 8.16. The number of hydrogen-bond acceptors (Lipinski definition) is 6. The monoisotopic (exact) mass is 429 g/mol. The van der Waals surface area contributed by atoms with Gasteiger partial charge in [-0.25, -0.2) is 19.9 Å². The van der Waals surface area contributed by atoms with Gasteiger partial charge in [-0.2, -0.15) is 0 Å². The number of nitrogens with zero attached hydrogens (tertiary/aromatic N) is 6. The molecule has 7 nitrogen and oxygen atoms in total. The molecule has 1 aromatic carbocycles. The summed E-state index contributed by atoms with van der Waals surface area (Å²) in [7, 11) is 2.07. The Kier molecular flexibility index (Phi) is 4.54. The molecular weight excluding hydrogens is 406 g/mol. The standard InChI is InChI=1S/C23H23N7S/c1-29-19-7-3-2-5-16(19)26-22(29)18-14-31-23(27-18)15-8-11-30(12-9-15)13-20-25-17-6-4-10-24-21(17)28-20/h2-7,10,14-15H,8-9,11-13H2,1H3,(H,24,25,28). The Bertz CT molecular complexity index is 1320. The summed E-state index contributed by atoms with van der Waals surface area (Å²) in [6.45, 7) is 2.94. The van der Waals surface area contributed by atoms with E-state index >= 15 is 0 Å². The van der Waals surface area contributed by atoms with Crippen LogP contribution in [0.4, 0.5) is 0 Å². The van der Waals surface area contributed by atoms with Gasteiger partial charge < -0.3 is 9.55 Å². The van der Waals surface area contributed by atoms with E-state index in [0.29, 0.717) is 5.92 Å². The zero-order valence-corrected chi connectivity index (χ0v) is 18.1. The van der Waals surface area contributed by atoms with Gasteiger partial charge >= 0.3 is 0 Å². The number of aryl methyl sites for hydroxylation is 1. The Balaban J connectivity index is 1.14. The summed E-state index contributed by atoms with van der Waals surface area (Å²) in [5, 5.41) is 3.39. The summed E-state index contributed by atoms with van der Waals surface area (Å²) >= 11 is 1.77. The lowest BCUT2D eigenvalue weighted by Gasteiger charge is -2.30. The summed E-state index contributed by atoms with van der Waals surface area (Å²) in [6.07, 6.45) is 4.02. The van der Waals surface area contributed by atoms with Crippen LogP contribution in [0.2, 0.25) is 0 Å². The second-order valence-corrected chi connectivity index (χ2v) is 9.05. The van der Waals surface area contributed by atoms with Crippen LogP contribution in [0, 0.1) is 0 Å². The van der Waals surface area contributed by atoms with Gasteiger partial charge in [-0.1, -0.05) is 12.1 Å². The molecule has 1 fully saturated rings. The Morgan fingerprint density at radius 2 is 1.94 bits per heavy atom. The lowest BCUT2D eigenvalue weighted by molar-refractivity contribution is 0.201. The third kappa shape index (κ3) is 3.41. The first-order chi connectivity index (χ1) is 15.2. The normalized spacial score (nSPS) is 15.9. The number of piperidine rings is 1. The van der Waals surface area contributed by atoms with Gasteiger partial charge in [-0.05, 0) is 50.2 Å². The molecule has 5 aromatic rings. The molecule has 8 heteroatoms. The summed E-state index contributed by atoms with van der Waals surface area (Å²) in [5.41, 5.74) is 4.94. The van der Waals surface area contributed by atoms with E-state index in [1.165, 1.54) is 5.01 Å². The molecule has 0 aliphatic carbocycles. The number of aromatic amines is 1. The topological polar surface area (TPSA) is 75.5 Å². The Morgan fingerprint density at radius 1 is 1.06 bits per heavy atom. The van der Waals surface area contributed by atoms with Gasteiger partial charge in [0.05, 0.1) is 28.1 Å². The van der Waals surface area contributed by atoms with E-state index in [1.54, 1.807) is 17.5 Å². The minimum Gasteiger partial charge on any atom is -0.340 e. The largest absolute Gasteiger partial charge is 0.340 e. The molecular formula is C23H23N7S. The first-order valence-electron chi connectivity index (χ1n) is 10.6. The number of imidazole rings is 2. The molecule has 31 heavy (non-hydrogen) atoms. The number of hydrogen-bond donors (Lipinski definition) is 1. The maximum atomic E-state index is 4.99. The zero-order valence-electron chi connectivity index (χ0n) is 17.3. The van der Waals surface area contributed by atoms with Crippen molar-refractivity contribution < 1.29 is 0 Å². The van der Waals surface area contributed by atoms with Crippen molar-refractivity contribution in [3.63, 3.8) is 0 Å². The van der Waals surface area contributed by atoms with Crippen LogP contribution in [0.3, 0.4) is 0 Å². The number of likely N-dealkylation sites (tertiary alicyclic amines) is 1. The number of para-hydroxylation sites is 2. The van der Waals surface area contributed by atoms with E-state index < -0.39 is 0 Å². The van der Waals surface area contributed by atoms with Gasteiger partial charge in [0.2, 0.25) is 0 Å². The molecule has 4 aromatic heterocycles. The smallest absolute Gasteiger partial charge is 0.177 e. The molecule has 6 rings (SSSR count). The first kappa shape index (κ1) is 18.7. The molecule has 0 atom stereocenters. The molecule has 1 aliphatic rings. The van der Waals surface area contributed by atoms with Crippen LogP contribution in [0.1, 0.15) is 29.6 Å². The van der Waals surface area contributed by atoms with Crippen molar-refractivity contribution in [1.82, 2.24) is 34.4 Å². The van der Waals surface area contributed by atoms with E-state index in [0.717, 1.165) is 72.0 Å². The predicted octanol–water partition coefficient (Wildman–Crippen LogP) is 4.35. The number of benzene rings is 1. The number of aromatic nitrogens is 6. The zero-order chi connectivity index (χ0) is 20.8. The fourth-order valence-electron chi connectivity index (χ4n) is 4.47. The highest BCUT2D eigenvalue weighted by atomic mass is 32.1. The van der Waals surface area contributed by atoms with Crippen molar-refractivity contribution in [1.29, 1.82) is 0 Å². The minimum absolute atomic E-state index is 0.516. The highest BCUT2D eigenvalue weighted by Crippen LogP contribution is 2.33. The van der Waals surface area contributed by atoms with Gasteiger partial charge in [-0.3, -0.25) is 4.90 Å². The number of fused-ring (bicyclic) bond motifs is 2. The van der Waals surface area contributed by atoms with Crippen LogP contribution in [0.15, 0.2) is 48.0 Å². The van der Waals surface area contributed by atoms with E-state index in [1.807, 2.05) is 18.2 Å². The average molecular weight is 430 g/mol. The number of H-pyrrole nitrogens is 1. The highest BCUT2D eigenvalue weighted by molar-refractivity contribution is 7.10. The molecule has 5 heterocycles. The summed E-state index contributed by atoms with van der Waals surface area (Å²) in [4.78, 5) is 24.6. The number of rotatable bonds is 4. The van der Waals surface area contributed by atoms with Crippen LogP contribution in [-0.2, 0) is 13.6 Å². The van der Waals surface area contributed by atoms with Gasteiger partial charge in [0, 0.05) is 24.5 Å². The number of pyridine rings is 1. The Hall–Kier alpha value is -3.10. The number of thiazole rings is 1. The van der Waals surface area contributed by atoms with E-state index in [9.17, 15) is 0 Å². The summed E-state index contributed by atoms with van der Waals surface area (Å²) in [5.74, 6) is 2.45. The summed E-state index contributed by atoms with van der Waals surface area (Å²) in [6, 6.07) is 12.2. The molecule has 0 radical (unpaired) electrons. The van der Waals surface area contributed by atoms with Crippen molar-refractivity contribution in [2.75, 3.05) is 13.1 Å². The second kappa shape index (κ2) is 7.55. The third-order valence-corrected chi connectivity index (χ3v) is 7.16. The van der Waals surface area contributed by atoms with Crippen LogP contribution >= 0.6 is 11.3 Å². The third-order valence-electron chi connectivity index (χ3n) is 6.15. The maximum Gasteiger partial charge on any atom is 0.177 e. The molecule has 1 aliphatic heterocycles. The van der Waals surface area contributed by atoms with Gasteiger partial charge in [0.15, 0.2) is 11.5 Å². The lowest BCUT2D eigenvalue weighted by Crippen LogP contribution is -2.32. The van der Waals surface area contributed by atoms with Crippen molar-refractivity contribution in [3.05, 3.63) is 58.8 Å². The van der Waals surface area contributed by atoms with Crippen LogP contribution in [-0.4, -0.2) is 47.5 Å². The van der Waals surface area contributed by atoms with Gasteiger partial charge in [0.1, 0.15) is 11.5 Å². The van der Waals surface area contributed by atoms with Crippen LogP contribution in [0.5, 0.6) is 0 Å². The molecule has 1 saturated heterocycles. The molecule has 156 valence electrons. The Morgan fingerprint density at radius 3 is 2.77 bits per heavy atom. The fraction of sp³-hybridized carbons (Fsp3) is 0.304. The molecule has 0 unspecified atom stereocenters. The fourth-order valence-corrected chi connectivity index (χ4v) is 5.44. The minimum atomic E-state index is 0.516. The van der Waals surface area contributed by atoms with Crippen LogP contribution in [0.25, 0.3) is 33.7 Å². The van der Waals surface area contributed by atoms with Crippen LogP contribution < -0.4 is 0 Å². The van der Waals surface area contributed by atoms with E-state index in [4.69, 9.17) is 9.97 Å². The maximum absolute atomic E-state index is 4.99. The van der Waals surface area contributed by atoms with Gasteiger partial charge in [-0.15, -0.1) is 11.3 Å². The van der Waals surface area contributed by atoms with E-state index in [-0.39, 0.29) is 0 Å². The van der Waals surface area contributed by atoms with Gasteiger partial charge in [0.25, 0.3) is 0 Å². The number of nitrogens with one attached hydrogen (secondary N) is 1. The first-order valence-corrected chi connectivity index (χ1v) is 11.5. The molecule has 0 bridgehead atoms. The SMILES string of the molecule is Cn1c(-c2csc(C3CCN(Cc4nc5ncccc5[nH]4)CC3)n2)nc2ccccc21. The van der Waals surface area contributed by atoms with Crippen molar-refractivity contribution in [2.24, 2.45) is 7.05 Å². The molecule has 1 N–H and O–H groups in total. The van der Waals surface area contributed by atoms with Crippen molar-refractivity contribution >= 4 is 33.5 Å². The summed E-state index contributed by atoms with van der Waals surface area (Å²) < 4.78 is 2.14. The van der Waals surface area contributed by atoms with Crippen molar-refractivity contribution in [3.8, 4) is 11.5 Å². The molecule has 0 amide bonds.